The van der Waals surface area contributed by atoms with Crippen molar-refractivity contribution in [3.8, 4) is 22.6 Å². The van der Waals surface area contributed by atoms with E-state index in [2.05, 4.69) is 20.7 Å². The quantitative estimate of drug-likeness (QED) is 0.404. The van der Waals surface area contributed by atoms with Gasteiger partial charge in [-0.15, -0.1) is 10.2 Å². The smallest absolute Gasteiger partial charge is 0.299 e. The summed E-state index contributed by atoms with van der Waals surface area (Å²) in [5.41, 5.74) is 5.72. The number of nitrogens with zero attached hydrogens (tertiary/aromatic N) is 5. The van der Waals surface area contributed by atoms with Crippen molar-refractivity contribution in [3.63, 3.8) is 0 Å². The number of amides is 1. The second kappa shape index (κ2) is 8.78. The summed E-state index contributed by atoms with van der Waals surface area (Å²) in [5.74, 6) is 0.560. The van der Waals surface area contributed by atoms with E-state index in [1.54, 1.807) is 35.9 Å². The van der Waals surface area contributed by atoms with Gasteiger partial charge in [0.1, 0.15) is 18.7 Å². The number of carbonyl (C=O) groups is 1. The standard InChI is InChI=1S/C25H20N6O5/c1-34-14-17-21(15-5-3-2-4-6-15)23-27-26-22-18(31(23)28-17)9-10-30(25(22)33)29-24(32)16-7-8-19-20(13-16)36-12-11-35-19/h2-10,13H,11-12,14H2,1H3,(H,29,32). The highest BCUT2D eigenvalue weighted by atomic mass is 16.6. The third kappa shape index (κ3) is 3.62. The lowest BCUT2D eigenvalue weighted by atomic mass is 10.1. The van der Waals surface area contributed by atoms with Crippen molar-refractivity contribution < 1.29 is 19.0 Å². The minimum Gasteiger partial charge on any atom is -0.486 e. The van der Waals surface area contributed by atoms with Crippen LogP contribution in [0.4, 0.5) is 0 Å². The van der Waals surface area contributed by atoms with E-state index in [0.29, 0.717) is 47.1 Å². The molecule has 36 heavy (non-hydrogen) atoms. The Hall–Kier alpha value is -4.77. The van der Waals surface area contributed by atoms with Gasteiger partial charge in [0.15, 0.2) is 22.7 Å². The van der Waals surface area contributed by atoms with E-state index < -0.39 is 11.5 Å². The summed E-state index contributed by atoms with van der Waals surface area (Å²) in [4.78, 5) is 26.0. The van der Waals surface area contributed by atoms with Crippen LogP contribution in [0.3, 0.4) is 0 Å². The van der Waals surface area contributed by atoms with Gasteiger partial charge in [-0.05, 0) is 29.8 Å². The Labute approximate surface area is 203 Å². The van der Waals surface area contributed by atoms with E-state index in [0.717, 1.165) is 15.8 Å². The molecule has 0 saturated carbocycles. The van der Waals surface area contributed by atoms with Gasteiger partial charge in [0.2, 0.25) is 0 Å². The Morgan fingerprint density at radius 3 is 2.67 bits per heavy atom. The van der Waals surface area contributed by atoms with E-state index >= 15 is 0 Å². The molecule has 180 valence electrons. The number of nitrogens with one attached hydrogen (secondary N) is 1. The van der Waals surface area contributed by atoms with E-state index in [4.69, 9.17) is 14.2 Å². The second-order valence-electron chi connectivity index (χ2n) is 8.08. The number of fused-ring (bicyclic) bond motifs is 4. The molecular weight excluding hydrogens is 464 g/mol. The number of benzene rings is 2. The molecule has 1 amide bonds. The monoisotopic (exact) mass is 484 g/mol. The minimum absolute atomic E-state index is 0.0542. The van der Waals surface area contributed by atoms with Crippen molar-refractivity contribution in [3.05, 3.63) is 82.4 Å². The van der Waals surface area contributed by atoms with Crippen molar-refractivity contribution in [2.45, 2.75) is 6.61 Å². The van der Waals surface area contributed by atoms with Crippen molar-refractivity contribution >= 4 is 22.6 Å². The van der Waals surface area contributed by atoms with Gasteiger partial charge in [0.25, 0.3) is 11.5 Å². The lowest BCUT2D eigenvalue weighted by molar-refractivity contribution is 0.101. The molecule has 0 fully saturated rings. The molecule has 11 nitrogen and oxygen atoms in total. The number of hydrogen-bond acceptors (Lipinski definition) is 8. The summed E-state index contributed by atoms with van der Waals surface area (Å²) >= 11 is 0. The number of carbonyl (C=O) groups excluding carboxylic acids is 1. The summed E-state index contributed by atoms with van der Waals surface area (Å²) in [6, 6.07) is 16.2. The fourth-order valence-electron chi connectivity index (χ4n) is 4.18. The van der Waals surface area contributed by atoms with E-state index in [-0.39, 0.29) is 12.1 Å². The van der Waals surface area contributed by atoms with Crippen molar-refractivity contribution in [2.75, 3.05) is 25.7 Å². The molecule has 2 aromatic carbocycles. The first kappa shape index (κ1) is 21.7. The number of ether oxygens (including phenoxy) is 3. The highest BCUT2D eigenvalue weighted by Gasteiger charge is 2.20. The number of hydrogen-bond donors (Lipinski definition) is 1. The maximum absolute atomic E-state index is 13.2. The van der Waals surface area contributed by atoms with E-state index in [1.807, 2.05) is 30.3 Å². The molecule has 4 heterocycles. The van der Waals surface area contributed by atoms with Crippen LogP contribution in [0, 0.1) is 0 Å². The first-order valence-electron chi connectivity index (χ1n) is 11.2. The van der Waals surface area contributed by atoms with Crippen LogP contribution in [0.1, 0.15) is 16.1 Å². The number of pyridine rings is 1. The molecule has 0 atom stereocenters. The lowest BCUT2D eigenvalue weighted by Crippen LogP contribution is -2.33. The van der Waals surface area contributed by atoms with Crippen LogP contribution in [-0.2, 0) is 11.3 Å². The molecule has 3 aromatic heterocycles. The van der Waals surface area contributed by atoms with Crippen LogP contribution in [0.15, 0.2) is 65.6 Å². The molecule has 11 heteroatoms. The zero-order chi connectivity index (χ0) is 24.6. The van der Waals surface area contributed by atoms with Crippen LogP contribution in [0.25, 0.3) is 27.8 Å². The molecular formula is C25H20N6O5. The van der Waals surface area contributed by atoms with Crippen molar-refractivity contribution in [2.24, 2.45) is 0 Å². The highest BCUT2D eigenvalue weighted by Crippen LogP contribution is 2.31. The van der Waals surface area contributed by atoms with Crippen LogP contribution in [0.5, 0.6) is 11.5 Å². The summed E-state index contributed by atoms with van der Waals surface area (Å²) in [7, 11) is 1.59. The molecule has 0 unspecified atom stereocenters. The van der Waals surface area contributed by atoms with E-state index in [9.17, 15) is 9.59 Å². The van der Waals surface area contributed by atoms with Gasteiger partial charge >= 0.3 is 0 Å². The van der Waals surface area contributed by atoms with Gasteiger partial charge in [-0.1, -0.05) is 30.3 Å². The molecule has 0 bridgehead atoms. The van der Waals surface area contributed by atoms with E-state index in [1.165, 1.54) is 6.20 Å². The summed E-state index contributed by atoms with van der Waals surface area (Å²) in [6.07, 6.45) is 1.46. The van der Waals surface area contributed by atoms with Crippen molar-refractivity contribution in [1.29, 1.82) is 0 Å². The maximum atomic E-state index is 13.2. The van der Waals surface area contributed by atoms with Crippen LogP contribution in [0.2, 0.25) is 0 Å². The van der Waals surface area contributed by atoms with Gasteiger partial charge in [-0.3, -0.25) is 15.0 Å². The SMILES string of the molecule is COCc1nn2c(nnc3c(=O)n(NC(=O)c4ccc5c(c4)OCCO5)ccc32)c1-c1ccccc1. The molecule has 0 spiro atoms. The third-order valence-electron chi connectivity index (χ3n) is 5.82. The molecule has 6 rings (SSSR count). The van der Waals surface area contributed by atoms with Gasteiger partial charge in [0, 0.05) is 18.9 Å². The Bertz CT molecular complexity index is 1680. The normalized spacial score (nSPS) is 12.7. The topological polar surface area (TPSA) is 122 Å². The first-order valence-corrected chi connectivity index (χ1v) is 11.2. The van der Waals surface area contributed by atoms with Gasteiger partial charge in [-0.25, -0.2) is 9.19 Å². The Balaban J connectivity index is 1.40. The second-order valence-corrected chi connectivity index (χ2v) is 8.08. The molecule has 1 aliphatic rings. The minimum atomic E-state index is -0.544. The number of methoxy groups -OCH3 is 1. The fourth-order valence-corrected chi connectivity index (χ4v) is 4.18. The first-order chi connectivity index (χ1) is 17.6. The van der Waals surface area contributed by atoms with Gasteiger partial charge in [0.05, 0.1) is 17.9 Å². The highest BCUT2D eigenvalue weighted by molar-refractivity contribution is 6.00. The zero-order valence-corrected chi connectivity index (χ0v) is 19.2. The molecule has 0 radical (unpaired) electrons. The summed E-state index contributed by atoms with van der Waals surface area (Å²) in [5, 5.41) is 13.2. The predicted molar refractivity (Wildman–Crippen MR) is 130 cm³/mol. The Morgan fingerprint density at radius 2 is 1.86 bits per heavy atom. The Morgan fingerprint density at radius 1 is 1.06 bits per heavy atom. The summed E-state index contributed by atoms with van der Waals surface area (Å²) in [6.45, 7) is 1.12. The maximum Gasteiger partial charge on any atom is 0.299 e. The Kier molecular flexibility index (Phi) is 5.30. The van der Waals surface area contributed by atoms with Gasteiger partial charge in [-0.2, -0.15) is 5.10 Å². The fraction of sp³-hybridized carbons (Fsp3) is 0.160. The van der Waals surface area contributed by atoms with Gasteiger partial charge < -0.3 is 14.2 Å². The van der Waals surface area contributed by atoms with Crippen LogP contribution in [-0.4, -0.2) is 50.7 Å². The summed E-state index contributed by atoms with van der Waals surface area (Å²) < 4.78 is 19.0. The number of aromatic nitrogens is 5. The average molecular weight is 484 g/mol. The van der Waals surface area contributed by atoms with Crippen LogP contribution >= 0.6 is 0 Å². The van der Waals surface area contributed by atoms with Crippen LogP contribution < -0.4 is 20.5 Å². The molecule has 1 aliphatic heterocycles. The average Bonchev–Trinajstić information content (AvgIpc) is 3.29. The predicted octanol–water partition coefficient (Wildman–Crippen LogP) is 2.41. The van der Waals surface area contributed by atoms with Crippen molar-refractivity contribution in [1.82, 2.24) is 24.5 Å². The molecule has 5 aromatic rings. The third-order valence-corrected chi connectivity index (χ3v) is 5.82. The largest absolute Gasteiger partial charge is 0.486 e. The molecule has 1 N–H and O–H groups in total. The lowest BCUT2D eigenvalue weighted by Gasteiger charge is -2.18. The zero-order valence-electron chi connectivity index (χ0n) is 19.2. The number of rotatable bonds is 5. The molecule has 0 saturated heterocycles. The molecule has 0 aliphatic carbocycles.